The summed E-state index contributed by atoms with van der Waals surface area (Å²) in [6.45, 7) is 14.1. The Hall–Kier alpha value is -16.8. The second kappa shape index (κ2) is 33.2. The normalized spacial score (nSPS) is 12.9. The Morgan fingerprint density at radius 2 is 0.390 bits per heavy atom. The Morgan fingerprint density at radius 1 is 0.162 bits per heavy atom. The number of anilines is 17. The standard InChI is InChI=1S/C130H100N6/c1-127(2,3)91-62-71-109-110-72-63-92(128(4,5)6)80-119(110)129(118(109)79-91)124-84-107(135(100-53-31-14-32-54-100)101-55-33-15-34-56-101)70-77-115(124)117-86-116(89-38-17-7-18-39-89)126(87-125(117)129)131-93-64-60-88(61-65-93)90-40-37-59-103(78-90)136(102-57-35-16-36-58-102)108-69-76-114-113-75-68-106(134(98-49-27-12-28-50-98)99-51-29-13-30-52-99)83-122(113)130(123(114)85-108)120-81-104(132(94-41-19-8-20-42-94)95-43-21-9-22-44-95)66-73-111(120)112-74-67-105(82-121(112)130)133(96-45-23-10-24-46-96)97-47-25-11-26-48-97/h7-87,131H,1-6H3. The molecule has 20 aromatic carbocycles. The largest absolute Gasteiger partial charge is 0.355 e. The summed E-state index contributed by atoms with van der Waals surface area (Å²) in [4.78, 5) is 12.2. The van der Waals surface area contributed by atoms with Crippen molar-refractivity contribution in [3.63, 3.8) is 0 Å². The Bertz CT molecular complexity index is 7430. The zero-order chi connectivity index (χ0) is 91.4. The summed E-state index contributed by atoms with van der Waals surface area (Å²) in [7, 11) is 0. The summed E-state index contributed by atoms with van der Waals surface area (Å²) in [5.41, 5.74) is 42.8. The summed E-state index contributed by atoms with van der Waals surface area (Å²) in [5.74, 6) is 0. The molecular formula is C130H100N6. The quantitative estimate of drug-likeness (QED) is 0.0868. The molecule has 0 bridgehead atoms. The Balaban J connectivity index is 0.670. The van der Waals surface area contributed by atoms with Crippen LogP contribution >= 0.6 is 0 Å². The molecule has 24 rings (SSSR count). The van der Waals surface area contributed by atoms with Gasteiger partial charge in [-0.25, -0.2) is 0 Å². The molecule has 0 saturated heterocycles. The van der Waals surface area contributed by atoms with Crippen molar-refractivity contribution in [3.8, 4) is 66.8 Å². The van der Waals surface area contributed by atoms with Crippen LogP contribution in [-0.4, -0.2) is 0 Å². The molecule has 0 radical (unpaired) electrons. The summed E-state index contributed by atoms with van der Waals surface area (Å²) in [6, 6.07) is 183. The van der Waals surface area contributed by atoms with Crippen molar-refractivity contribution in [2.75, 3.05) is 29.8 Å². The molecule has 0 fully saturated rings. The van der Waals surface area contributed by atoms with Gasteiger partial charge in [-0.15, -0.1) is 0 Å². The van der Waals surface area contributed by atoms with E-state index >= 15 is 0 Å². The second-order valence-corrected chi connectivity index (χ2v) is 38.4. The number of para-hydroxylation sites is 9. The van der Waals surface area contributed by atoms with Crippen LogP contribution in [0.1, 0.15) is 97.2 Å². The second-order valence-electron chi connectivity index (χ2n) is 38.4. The van der Waals surface area contributed by atoms with Crippen molar-refractivity contribution in [1.82, 2.24) is 0 Å². The lowest BCUT2D eigenvalue weighted by Crippen LogP contribution is -2.28. The van der Waals surface area contributed by atoms with Gasteiger partial charge in [0.05, 0.1) is 10.8 Å². The molecule has 0 aromatic heterocycles. The van der Waals surface area contributed by atoms with E-state index in [0.717, 1.165) is 119 Å². The van der Waals surface area contributed by atoms with Gasteiger partial charge in [-0.2, -0.15) is 0 Å². The van der Waals surface area contributed by atoms with E-state index in [1.54, 1.807) is 0 Å². The van der Waals surface area contributed by atoms with E-state index in [1.807, 2.05) is 0 Å². The predicted molar refractivity (Wildman–Crippen MR) is 570 cm³/mol. The molecule has 6 heteroatoms. The van der Waals surface area contributed by atoms with Crippen molar-refractivity contribution in [2.45, 2.75) is 63.2 Å². The first kappa shape index (κ1) is 82.4. The summed E-state index contributed by atoms with van der Waals surface area (Å²) in [6.07, 6.45) is 0. The highest BCUT2D eigenvalue weighted by atomic mass is 15.2. The van der Waals surface area contributed by atoms with Gasteiger partial charge in [-0.1, -0.05) is 327 Å². The highest BCUT2D eigenvalue weighted by Crippen LogP contribution is 2.68. The molecule has 0 aliphatic heterocycles. The van der Waals surface area contributed by atoms with Crippen LogP contribution in [0.3, 0.4) is 0 Å². The van der Waals surface area contributed by atoms with Crippen LogP contribution in [-0.2, 0) is 21.7 Å². The molecule has 0 unspecified atom stereocenters. The monoisotopic (exact) mass is 1740 g/mol. The van der Waals surface area contributed by atoms with Gasteiger partial charge in [0.15, 0.2) is 0 Å². The maximum atomic E-state index is 4.18. The zero-order valence-corrected chi connectivity index (χ0v) is 77.0. The van der Waals surface area contributed by atoms with Crippen molar-refractivity contribution in [3.05, 3.63) is 547 Å². The maximum Gasteiger partial charge on any atom is 0.0728 e. The highest BCUT2D eigenvalue weighted by Gasteiger charge is 2.55. The fraction of sp³-hybridized carbons (Fsp3) is 0.0769. The molecule has 1 N–H and O–H groups in total. The maximum absolute atomic E-state index is 4.18. The topological polar surface area (TPSA) is 28.2 Å². The van der Waals surface area contributed by atoms with E-state index < -0.39 is 10.8 Å². The summed E-state index contributed by atoms with van der Waals surface area (Å²) >= 11 is 0. The fourth-order valence-corrected chi connectivity index (χ4v) is 22.2. The summed E-state index contributed by atoms with van der Waals surface area (Å²) < 4.78 is 0. The third-order valence-electron chi connectivity index (χ3n) is 28.4. The van der Waals surface area contributed by atoms with Crippen LogP contribution in [0, 0.1) is 0 Å². The Kier molecular flexibility index (Phi) is 20.1. The molecule has 0 saturated carbocycles. The number of fused-ring (bicyclic) bond motifs is 20. The summed E-state index contributed by atoms with van der Waals surface area (Å²) in [5, 5.41) is 4.18. The molecular weight excluding hydrogens is 1650 g/mol. The first-order valence-corrected chi connectivity index (χ1v) is 47.4. The Labute approximate surface area is 797 Å². The van der Waals surface area contributed by atoms with Gasteiger partial charge < -0.3 is 29.8 Å². The number of nitrogens with one attached hydrogen (secondary N) is 1. The number of nitrogens with zero attached hydrogens (tertiary/aromatic N) is 5. The molecule has 650 valence electrons. The van der Waals surface area contributed by atoms with Crippen LogP contribution in [0.5, 0.6) is 0 Å². The van der Waals surface area contributed by atoms with E-state index in [1.165, 1.54) is 100 Å². The van der Waals surface area contributed by atoms with E-state index in [9.17, 15) is 0 Å². The van der Waals surface area contributed by atoms with E-state index in [0.29, 0.717) is 0 Å². The van der Waals surface area contributed by atoms with E-state index in [-0.39, 0.29) is 10.8 Å². The number of hydrogen-bond acceptors (Lipinski definition) is 6. The van der Waals surface area contributed by atoms with E-state index in [4.69, 9.17) is 0 Å². The lowest BCUT2D eigenvalue weighted by atomic mass is 9.68. The molecule has 6 nitrogen and oxygen atoms in total. The SMILES string of the molecule is CC(C)(C)c1ccc2c(c1)C1(c3cc(N(c4ccccc4)c4ccccc4)ccc3-c3cc(-c4ccccc4)c(Nc4ccc(-c5cccc(N(c6ccccc6)c6ccc7c(c6)C6(c8cc(N(c9ccccc9)c9ccccc9)ccc8-c8ccc(N(c9ccccc9)c9ccccc9)cc86)c6cc(N(c8ccccc8)c8ccccc8)ccc6-7)c5)cc4)cc31)c1cc(C(C)(C)C)ccc1-2. The van der Waals surface area contributed by atoms with Crippen molar-refractivity contribution >= 4 is 96.7 Å². The highest BCUT2D eigenvalue weighted by molar-refractivity contribution is 6.03. The van der Waals surface area contributed by atoms with Gasteiger partial charge in [0.1, 0.15) is 0 Å². The molecule has 0 amide bonds. The predicted octanol–water partition coefficient (Wildman–Crippen LogP) is 35.4. The van der Waals surface area contributed by atoms with Crippen LogP contribution in [0.15, 0.2) is 491 Å². The zero-order valence-electron chi connectivity index (χ0n) is 77.0. The minimum absolute atomic E-state index is 0.132. The number of rotatable bonds is 19. The Morgan fingerprint density at radius 3 is 0.676 bits per heavy atom. The molecule has 20 aromatic rings. The fourth-order valence-electron chi connectivity index (χ4n) is 22.2. The minimum Gasteiger partial charge on any atom is -0.355 e. The van der Waals surface area contributed by atoms with Gasteiger partial charge in [-0.05, 0) is 334 Å². The van der Waals surface area contributed by atoms with Crippen LogP contribution in [0.25, 0.3) is 66.8 Å². The lowest BCUT2D eigenvalue weighted by molar-refractivity contribution is 0.586. The third-order valence-corrected chi connectivity index (χ3v) is 28.4. The van der Waals surface area contributed by atoms with Crippen LogP contribution < -0.4 is 29.8 Å². The molecule has 2 spiro atoms. The lowest BCUT2D eigenvalue weighted by Gasteiger charge is -2.35. The van der Waals surface area contributed by atoms with Gasteiger partial charge in [0.2, 0.25) is 0 Å². The number of hydrogen-bond donors (Lipinski definition) is 1. The first-order chi connectivity index (χ1) is 66.7. The van der Waals surface area contributed by atoms with Crippen molar-refractivity contribution < 1.29 is 0 Å². The molecule has 136 heavy (non-hydrogen) atoms. The minimum atomic E-state index is -0.934. The van der Waals surface area contributed by atoms with Crippen molar-refractivity contribution in [2.24, 2.45) is 0 Å². The molecule has 0 atom stereocenters. The molecule has 4 aliphatic carbocycles. The number of benzene rings is 20. The average Bonchev–Trinajstić information content (AvgIpc) is 1.51. The smallest absolute Gasteiger partial charge is 0.0728 e. The molecule has 0 heterocycles. The van der Waals surface area contributed by atoms with Gasteiger partial charge in [0.25, 0.3) is 0 Å². The molecule has 4 aliphatic rings. The van der Waals surface area contributed by atoms with Crippen LogP contribution in [0.4, 0.5) is 96.7 Å². The van der Waals surface area contributed by atoms with Gasteiger partial charge >= 0.3 is 0 Å². The van der Waals surface area contributed by atoms with Crippen LogP contribution in [0.2, 0.25) is 0 Å². The first-order valence-electron chi connectivity index (χ1n) is 47.4. The third kappa shape index (κ3) is 13.8. The van der Waals surface area contributed by atoms with Gasteiger partial charge in [0, 0.05) is 102 Å². The van der Waals surface area contributed by atoms with E-state index in [2.05, 4.69) is 563 Å². The average molecular weight is 1750 g/mol. The van der Waals surface area contributed by atoms with Crippen molar-refractivity contribution in [1.29, 1.82) is 0 Å². The van der Waals surface area contributed by atoms with Gasteiger partial charge in [-0.3, -0.25) is 0 Å².